The van der Waals surface area contributed by atoms with Crippen LogP contribution in [-0.2, 0) is 6.54 Å². The van der Waals surface area contributed by atoms with E-state index in [1.165, 1.54) is 0 Å². The largest absolute Gasteiger partial charge is 0.325 e. The van der Waals surface area contributed by atoms with Crippen molar-refractivity contribution >= 4 is 10.9 Å². The van der Waals surface area contributed by atoms with Crippen LogP contribution in [-0.4, -0.2) is 15.0 Å². The second kappa shape index (κ2) is 4.50. The fourth-order valence-corrected chi connectivity index (χ4v) is 1.86. The summed E-state index contributed by atoms with van der Waals surface area (Å²) in [5, 5.41) is 1.08. The van der Waals surface area contributed by atoms with Crippen molar-refractivity contribution in [2.75, 3.05) is 0 Å². The van der Waals surface area contributed by atoms with E-state index in [0.29, 0.717) is 12.4 Å². The summed E-state index contributed by atoms with van der Waals surface area (Å²) in [6, 6.07) is 11.8. The highest BCUT2D eigenvalue weighted by Gasteiger charge is 2.03. The number of nitrogens with zero attached hydrogens (tertiary/aromatic N) is 3. The van der Waals surface area contributed by atoms with Gasteiger partial charge in [-0.1, -0.05) is 6.07 Å². The van der Waals surface area contributed by atoms with Crippen LogP contribution in [0.15, 0.2) is 48.8 Å². The predicted molar refractivity (Wildman–Crippen MR) is 70.7 cm³/mol. The first-order valence-electron chi connectivity index (χ1n) is 5.74. The Hall–Kier alpha value is -2.33. The van der Waals surface area contributed by atoms with Gasteiger partial charge < -0.3 is 5.73 Å². The van der Waals surface area contributed by atoms with Gasteiger partial charge in [-0.2, -0.15) is 0 Å². The molecule has 0 saturated heterocycles. The average Bonchev–Trinajstić information content (AvgIpc) is 2.47. The molecule has 0 aliphatic rings. The summed E-state index contributed by atoms with van der Waals surface area (Å²) in [6.45, 7) is 0.421. The lowest BCUT2D eigenvalue weighted by atomic mass is 10.1. The first kappa shape index (κ1) is 10.8. The van der Waals surface area contributed by atoms with Gasteiger partial charge in [0.05, 0.1) is 11.2 Å². The second-order valence-corrected chi connectivity index (χ2v) is 3.99. The van der Waals surface area contributed by atoms with Crippen molar-refractivity contribution in [3.8, 4) is 11.4 Å². The Kier molecular flexibility index (Phi) is 2.70. The van der Waals surface area contributed by atoms with E-state index in [1.807, 2.05) is 36.4 Å². The van der Waals surface area contributed by atoms with E-state index in [0.717, 1.165) is 22.2 Å². The van der Waals surface area contributed by atoms with Crippen LogP contribution in [0.3, 0.4) is 0 Å². The number of aromatic nitrogens is 3. The third kappa shape index (κ3) is 1.94. The van der Waals surface area contributed by atoms with Gasteiger partial charge >= 0.3 is 0 Å². The van der Waals surface area contributed by atoms with E-state index < -0.39 is 0 Å². The smallest absolute Gasteiger partial charge is 0.159 e. The maximum absolute atomic E-state index is 5.59. The molecular formula is C14H12N4. The number of rotatable bonds is 2. The van der Waals surface area contributed by atoms with Gasteiger partial charge in [-0.25, -0.2) is 9.97 Å². The summed E-state index contributed by atoms with van der Waals surface area (Å²) >= 11 is 0. The van der Waals surface area contributed by atoms with Crippen LogP contribution in [0.25, 0.3) is 22.3 Å². The molecule has 0 atom stereocenters. The number of benzene rings is 1. The lowest BCUT2D eigenvalue weighted by Crippen LogP contribution is -2.01. The highest BCUT2D eigenvalue weighted by atomic mass is 14.9. The third-order valence-electron chi connectivity index (χ3n) is 2.78. The van der Waals surface area contributed by atoms with E-state index in [9.17, 15) is 0 Å². The van der Waals surface area contributed by atoms with Gasteiger partial charge in [0.1, 0.15) is 0 Å². The monoisotopic (exact) mass is 236 g/mol. The Balaban J connectivity index is 2.13. The second-order valence-electron chi connectivity index (χ2n) is 3.99. The Bertz CT molecular complexity index is 694. The fourth-order valence-electron chi connectivity index (χ4n) is 1.86. The fraction of sp³-hybridized carbons (Fsp3) is 0.0714. The minimum Gasteiger partial charge on any atom is -0.325 e. The molecule has 88 valence electrons. The van der Waals surface area contributed by atoms with E-state index in [4.69, 9.17) is 5.73 Å². The van der Waals surface area contributed by atoms with Crippen molar-refractivity contribution in [1.82, 2.24) is 15.0 Å². The number of nitrogens with two attached hydrogens (primary N) is 1. The normalized spacial score (nSPS) is 10.7. The molecule has 0 bridgehead atoms. The Morgan fingerprint density at radius 3 is 2.83 bits per heavy atom. The molecule has 0 aliphatic carbocycles. The lowest BCUT2D eigenvalue weighted by molar-refractivity contribution is 0.969. The molecule has 0 unspecified atom stereocenters. The van der Waals surface area contributed by atoms with E-state index in [-0.39, 0.29) is 0 Å². The molecule has 2 aromatic heterocycles. The number of hydrogen-bond donors (Lipinski definition) is 1. The topological polar surface area (TPSA) is 64.7 Å². The number of fused-ring (bicyclic) bond motifs is 1. The van der Waals surface area contributed by atoms with Crippen molar-refractivity contribution in [3.05, 3.63) is 54.5 Å². The van der Waals surface area contributed by atoms with Crippen LogP contribution in [0.1, 0.15) is 5.69 Å². The summed E-state index contributed by atoms with van der Waals surface area (Å²) in [4.78, 5) is 13.0. The molecule has 4 heteroatoms. The van der Waals surface area contributed by atoms with Gasteiger partial charge in [0.15, 0.2) is 5.82 Å². The minimum atomic E-state index is 0.421. The van der Waals surface area contributed by atoms with E-state index in [2.05, 4.69) is 15.0 Å². The maximum Gasteiger partial charge on any atom is 0.159 e. The molecule has 0 radical (unpaired) electrons. The van der Waals surface area contributed by atoms with Crippen LogP contribution in [0.5, 0.6) is 0 Å². The summed E-state index contributed by atoms with van der Waals surface area (Å²) in [5.74, 6) is 0.698. The van der Waals surface area contributed by atoms with Crippen molar-refractivity contribution in [1.29, 1.82) is 0 Å². The molecule has 0 spiro atoms. The molecular weight excluding hydrogens is 224 g/mol. The van der Waals surface area contributed by atoms with Crippen LogP contribution in [0.4, 0.5) is 0 Å². The van der Waals surface area contributed by atoms with Crippen LogP contribution >= 0.6 is 0 Å². The minimum absolute atomic E-state index is 0.421. The summed E-state index contributed by atoms with van der Waals surface area (Å²) in [5.41, 5.74) is 8.37. The SMILES string of the molecule is NCc1ccnc(-c2ccc3ncccc3c2)n1. The van der Waals surface area contributed by atoms with Crippen molar-refractivity contribution in [2.45, 2.75) is 6.54 Å². The van der Waals surface area contributed by atoms with Gasteiger partial charge in [-0.05, 0) is 30.3 Å². The van der Waals surface area contributed by atoms with Gasteiger partial charge in [0.25, 0.3) is 0 Å². The van der Waals surface area contributed by atoms with E-state index >= 15 is 0 Å². The summed E-state index contributed by atoms with van der Waals surface area (Å²) in [7, 11) is 0. The molecule has 2 N–H and O–H groups in total. The first-order valence-corrected chi connectivity index (χ1v) is 5.74. The first-order chi connectivity index (χ1) is 8.86. The molecule has 0 saturated carbocycles. The van der Waals surface area contributed by atoms with Gasteiger partial charge in [0, 0.05) is 29.9 Å². The maximum atomic E-state index is 5.59. The zero-order chi connectivity index (χ0) is 12.4. The number of hydrogen-bond acceptors (Lipinski definition) is 4. The Morgan fingerprint density at radius 2 is 1.94 bits per heavy atom. The standard InChI is InChI=1S/C14H12N4/c15-9-12-5-7-17-14(18-12)11-3-4-13-10(8-11)2-1-6-16-13/h1-8H,9,15H2. The molecule has 0 fully saturated rings. The van der Waals surface area contributed by atoms with Crippen LogP contribution < -0.4 is 5.73 Å². The van der Waals surface area contributed by atoms with Crippen molar-refractivity contribution in [2.24, 2.45) is 5.73 Å². The van der Waals surface area contributed by atoms with E-state index in [1.54, 1.807) is 12.4 Å². The predicted octanol–water partition coefficient (Wildman–Crippen LogP) is 2.15. The van der Waals surface area contributed by atoms with Crippen LogP contribution in [0.2, 0.25) is 0 Å². The van der Waals surface area contributed by atoms with Gasteiger partial charge in [0.2, 0.25) is 0 Å². The molecule has 3 rings (SSSR count). The molecule has 1 aromatic carbocycles. The summed E-state index contributed by atoms with van der Waals surface area (Å²) < 4.78 is 0. The quantitative estimate of drug-likeness (QED) is 0.740. The highest BCUT2D eigenvalue weighted by Crippen LogP contribution is 2.20. The van der Waals surface area contributed by atoms with Crippen molar-refractivity contribution < 1.29 is 0 Å². The van der Waals surface area contributed by atoms with Gasteiger partial charge in [-0.3, -0.25) is 4.98 Å². The summed E-state index contributed by atoms with van der Waals surface area (Å²) in [6.07, 6.45) is 3.52. The highest BCUT2D eigenvalue weighted by molar-refractivity contribution is 5.82. The molecule has 0 amide bonds. The number of pyridine rings is 1. The molecule has 0 aliphatic heterocycles. The average molecular weight is 236 g/mol. The van der Waals surface area contributed by atoms with Crippen LogP contribution in [0, 0.1) is 0 Å². The van der Waals surface area contributed by atoms with Gasteiger partial charge in [-0.15, -0.1) is 0 Å². The molecule has 18 heavy (non-hydrogen) atoms. The zero-order valence-electron chi connectivity index (χ0n) is 9.74. The Labute approximate surface area is 105 Å². The lowest BCUT2D eigenvalue weighted by Gasteiger charge is -2.03. The third-order valence-corrected chi connectivity index (χ3v) is 2.78. The zero-order valence-corrected chi connectivity index (χ0v) is 9.74. The van der Waals surface area contributed by atoms with Crippen molar-refractivity contribution in [3.63, 3.8) is 0 Å². The molecule has 4 nitrogen and oxygen atoms in total. The molecule has 2 heterocycles. The Morgan fingerprint density at radius 1 is 1.00 bits per heavy atom. The molecule has 3 aromatic rings.